The molecule has 0 spiro atoms. The van der Waals surface area contributed by atoms with Crippen molar-refractivity contribution in [3.05, 3.63) is 0 Å². The first-order chi connectivity index (χ1) is 8.83. The second-order valence-electron chi connectivity index (χ2n) is 5.14. The first-order valence-electron chi connectivity index (χ1n) is 6.30. The van der Waals surface area contributed by atoms with Gasteiger partial charge in [-0.15, -0.1) is 0 Å². The van der Waals surface area contributed by atoms with Crippen LogP contribution in [0.25, 0.3) is 0 Å². The molecule has 19 heavy (non-hydrogen) atoms. The Bertz CT molecular complexity index is 336. The van der Waals surface area contributed by atoms with Crippen LogP contribution in [0.4, 0.5) is 17.6 Å². The number of amides is 1. The fourth-order valence-electron chi connectivity index (χ4n) is 2.54. The highest BCUT2D eigenvalue weighted by Gasteiger charge is 2.36. The van der Waals surface area contributed by atoms with E-state index in [1.807, 2.05) is 0 Å². The summed E-state index contributed by atoms with van der Waals surface area (Å²) in [5, 5.41) is 5.43. The van der Waals surface area contributed by atoms with Crippen molar-refractivity contribution in [1.82, 2.24) is 15.5 Å². The highest BCUT2D eigenvalue weighted by atomic mass is 19.4. The maximum Gasteiger partial charge on any atom is 0.401 e. The third-order valence-corrected chi connectivity index (χ3v) is 3.42. The lowest BCUT2D eigenvalue weighted by atomic mass is 10.2. The van der Waals surface area contributed by atoms with Crippen LogP contribution in [0.2, 0.25) is 0 Å². The minimum atomic E-state index is -4.21. The zero-order valence-electron chi connectivity index (χ0n) is 10.3. The minimum absolute atomic E-state index is 0.130. The fraction of sp³-hybridized carbons (Fsp3) is 0.909. The summed E-state index contributed by atoms with van der Waals surface area (Å²) in [7, 11) is 0. The highest BCUT2D eigenvalue weighted by Crippen LogP contribution is 2.20. The van der Waals surface area contributed by atoms with Crippen molar-refractivity contribution >= 4 is 5.91 Å². The number of rotatable bonds is 3. The van der Waals surface area contributed by atoms with Crippen LogP contribution in [0, 0.1) is 0 Å². The number of halogens is 4. The highest BCUT2D eigenvalue weighted by molar-refractivity contribution is 5.82. The second-order valence-corrected chi connectivity index (χ2v) is 5.14. The number of nitrogens with one attached hydrogen (secondary N) is 2. The van der Waals surface area contributed by atoms with E-state index in [1.54, 1.807) is 0 Å². The van der Waals surface area contributed by atoms with E-state index in [4.69, 9.17) is 0 Å². The van der Waals surface area contributed by atoms with Crippen molar-refractivity contribution in [3.63, 3.8) is 0 Å². The minimum Gasteiger partial charge on any atom is -0.351 e. The van der Waals surface area contributed by atoms with Crippen LogP contribution in [0.3, 0.4) is 0 Å². The van der Waals surface area contributed by atoms with Gasteiger partial charge < -0.3 is 10.6 Å². The summed E-state index contributed by atoms with van der Waals surface area (Å²) >= 11 is 0. The van der Waals surface area contributed by atoms with E-state index in [0.29, 0.717) is 13.0 Å². The molecule has 2 unspecified atom stereocenters. The lowest BCUT2D eigenvalue weighted by Gasteiger charge is -2.19. The Kier molecular flexibility index (Phi) is 4.29. The van der Waals surface area contributed by atoms with Crippen molar-refractivity contribution < 1.29 is 22.4 Å². The maximum absolute atomic E-state index is 12.9. The Balaban J connectivity index is 1.74. The molecular weight excluding hydrogens is 266 g/mol. The van der Waals surface area contributed by atoms with Crippen LogP contribution in [0.15, 0.2) is 0 Å². The van der Waals surface area contributed by atoms with Crippen molar-refractivity contribution in [2.45, 2.75) is 37.3 Å². The zero-order valence-corrected chi connectivity index (χ0v) is 10.3. The number of likely N-dealkylation sites (tertiary alicyclic amines) is 1. The normalized spacial score (nSPS) is 32.7. The third kappa shape index (κ3) is 4.31. The van der Waals surface area contributed by atoms with Crippen LogP contribution in [0.1, 0.15) is 12.8 Å². The van der Waals surface area contributed by atoms with E-state index in [1.165, 1.54) is 4.90 Å². The van der Waals surface area contributed by atoms with Gasteiger partial charge in [0.2, 0.25) is 5.91 Å². The zero-order chi connectivity index (χ0) is 14.0. The van der Waals surface area contributed by atoms with E-state index in [0.717, 1.165) is 0 Å². The number of hydrogen-bond donors (Lipinski definition) is 2. The Morgan fingerprint density at radius 1 is 1.42 bits per heavy atom. The number of carbonyl (C=O) groups is 1. The monoisotopic (exact) mass is 283 g/mol. The quantitative estimate of drug-likeness (QED) is 0.739. The molecule has 0 aromatic heterocycles. The predicted octanol–water partition coefficient (Wildman–Crippen LogP) is 0.439. The van der Waals surface area contributed by atoms with Crippen molar-refractivity contribution in [2.24, 2.45) is 0 Å². The van der Waals surface area contributed by atoms with Crippen LogP contribution in [0.5, 0.6) is 0 Å². The van der Waals surface area contributed by atoms with E-state index in [9.17, 15) is 22.4 Å². The van der Waals surface area contributed by atoms with Crippen LogP contribution in [-0.2, 0) is 4.79 Å². The number of alkyl halides is 4. The Morgan fingerprint density at radius 3 is 2.74 bits per heavy atom. The molecule has 2 N–H and O–H groups in total. The van der Waals surface area contributed by atoms with Gasteiger partial charge in [-0.2, -0.15) is 13.2 Å². The smallest absolute Gasteiger partial charge is 0.351 e. The molecule has 0 aromatic carbocycles. The molecule has 0 aliphatic carbocycles. The molecule has 2 heterocycles. The van der Waals surface area contributed by atoms with Gasteiger partial charge in [0.1, 0.15) is 6.17 Å². The van der Waals surface area contributed by atoms with Gasteiger partial charge in [0.15, 0.2) is 0 Å². The lowest BCUT2D eigenvalue weighted by molar-refractivity contribution is -0.143. The topological polar surface area (TPSA) is 44.4 Å². The molecule has 4 nitrogen and oxygen atoms in total. The molecule has 1 amide bonds. The Morgan fingerprint density at radius 2 is 2.16 bits per heavy atom. The Hall–Kier alpha value is -0.890. The largest absolute Gasteiger partial charge is 0.401 e. The average molecular weight is 283 g/mol. The summed E-state index contributed by atoms with van der Waals surface area (Å²) in [6, 6.07) is -0.845. The SMILES string of the molecule is O=C(NC1CCN(CC(F)(F)F)C1)[C@@H]1CC(F)CN1. The Labute approximate surface area is 108 Å². The molecule has 8 heteroatoms. The first kappa shape index (κ1) is 14.5. The van der Waals surface area contributed by atoms with Gasteiger partial charge in [-0.3, -0.25) is 9.69 Å². The molecule has 3 atom stereocenters. The summed E-state index contributed by atoms with van der Waals surface area (Å²) in [6.45, 7) is -0.290. The van der Waals surface area contributed by atoms with Crippen molar-refractivity contribution in [2.75, 3.05) is 26.2 Å². The van der Waals surface area contributed by atoms with E-state index in [2.05, 4.69) is 10.6 Å². The lowest BCUT2D eigenvalue weighted by Crippen LogP contribution is -2.46. The van der Waals surface area contributed by atoms with Crippen LogP contribution in [-0.4, -0.2) is 61.4 Å². The van der Waals surface area contributed by atoms with Crippen LogP contribution < -0.4 is 10.6 Å². The average Bonchev–Trinajstić information content (AvgIpc) is 2.85. The summed E-state index contributed by atoms with van der Waals surface area (Å²) in [5.41, 5.74) is 0. The molecule has 2 rings (SSSR count). The van der Waals surface area contributed by atoms with Crippen molar-refractivity contribution in [1.29, 1.82) is 0 Å². The standard InChI is InChI=1S/C11H17F4N3O/c12-7-3-9(16-4-7)10(19)17-8-1-2-18(5-8)6-11(13,14)15/h7-9,16H,1-6H2,(H,17,19)/t7?,8?,9-/m0/s1. The molecule has 2 fully saturated rings. The molecule has 0 radical (unpaired) electrons. The van der Waals surface area contributed by atoms with Gasteiger partial charge in [0, 0.05) is 32.1 Å². The summed E-state index contributed by atoms with van der Waals surface area (Å²) < 4.78 is 49.5. The molecule has 110 valence electrons. The van der Waals surface area contributed by atoms with E-state index in [-0.39, 0.29) is 31.5 Å². The molecule has 2 aliphatic heterocycles. The first-order valence-corrected chi connectivity index (χ1v) is 6.30. The molecule has 0 bridgehead atoms. The second kappa shape index (κ2) is 5.62. The number of carbonyl (C=O) groups excluding carboxylic acids is 1. The van der Waals surface area contributed by atoms with Gasteiger partial charge in [-0.25, -0.2) is 4.39 Å². The summed E-state index contributed by atoms with van der Waals surface area (Å²) in [5.74, 6) is -0.320. The molecule has 0 aromatic rings. The van der Waals surface area contributed by atoms with Crippen molar-refractivity contribution in [3.8, 4) is 0 Å². The molecular formula is C11H17F4N3O. The maximum atomic E-state index is 12.9. The molecule has 2 saturated heterocycles. The van der Waals surface area contributed by atoms with Gasteiger partial charge in [0.25, 0.3) is 0 Å². The molecule has 2 aliphatic rings. The van der Waals surface area contributed by atoms with Gasteiger partial charge in [-0.1, -0.05) is 0 Å². The van der Waals surface area contributed by atoms with Crippen LogP contribution >= 0.6 is 0 Å². The van der Waals surface area contributed by atoms with Gasteiger partial charge in [-0.05, 0) is 6.42 Å². The van der Waals surface area contributed by atoms with Gasteiger partial charge in [0.05, 0.1) is 12.6 Å². The molecule has 0 saturated carbocycles. The summed E-state index contributed by atoms with van der Waals surface area (Å²) in [4.78, 5) is 13.0. The predicted molar refractivity (Wildman–Crippen MR) is 60.3 cm³/mol. The van der Waals surface area contributed by atoms with Gasteiger partial charge >= 0.3 is 6.18 Å². The summed E-state index contributed by atoms with van der Waals surface area (Å²) in [6.07, 6.45) is -4.62. The van der Waals surface area contributed by atoms with E-state index < -0.39 is 24.9 Å². The third-order valence-electron chi connectivity index (χ3n) is 3.42. The van der Waals surface area contributed by atoms with E-state index >= 15 is 0 Å². The fourth-order valence-corrected chi connectivity index (χ4v) is 2.54. The number of nitrogens with zero attached hydrogens (tertiary/aromatic N) is 1. The number of hydrogen-bond acceptors (Lipinski definition) is 3.